The molecule has 1 aliphatic heterocycles. The lowest BCUT2D eigenvalue weighted by molar-refractivity contribution is -0.394. The zero-order valence-corrected chi connectivity index (χ0v) is 10.6. The predicted molar refractivity (Wildman–Crippen MR) is 67.3 cm³/mol. The van der Waals surface area contributed by atoms with E-state index in [2.05, 4.69) is 0 Å². The fraction of sp³-hybridized carbons (Fsp3) is 0.417. The molecular formula is C12H12N2O6. The van der Waals surface area contributed by atoms with Crippen LogP contribution in [0.3, 0.4) is 0 Å². The van der Waals surface area contributed by atoms with Crippen LogP contribution >= 0.6 is 0 Å². The van der Waals surface area contributed by atoms with Crippen LogP contribution in [0.1, 0.15) is 31.4 Å². The number of ether oxygens (including phenoxy) is 1. The molecule has 1 aromatic carbocycles. The number of ketones is 1. The molecular weight excluding hydrogens is 268 g/mol. The third-order valence-electron chi connectivity index (χ3n) is 3.03. The second-order valence-corrected chi connectivity index (χ2v) is 4.45. The van der Waals surface area contributed by atoms with E-state index in [1.807, 2.05) is 6.92 Å². The molecule has 1 saturated heterocycles. The highest BCUT2D eigenvalue weighted by molar-refractivity contribution is 5.86. The van der Waals surface area contributed by atoms with Gasteiger partial charge < -0.3 is 4.74 Å². The molecule has 8 nitrogen and oxygen atoms in total. The van der Waals surface area contributed by atoms with Gasteiger partial charge in [0.25, 0.3) is 11.4 Å². The topological polar surface area (TPSA) is 116 Å². The molecule has 1 fully saturated rings. The number of nitro groups is 2. The molecule has 2 rings (SSSR count). The monoisotopic (exact) mass is 280 g/mol. The Balaban J connectivity index is 2.27. The molecule has 1 aromatic rings. The van der Waals surface area contributed by atoms with E-state index >= 15 is 0 Å². The normalized spacial score (nSPS) is 20.4. The number of Topliss-reactive ketones (excluding diaryl/α,β-unsaturated/α-hetero) is 1. The fourth-order valence-corrected chi connectivity index (χ4v) is 2.03. The molecule has 8 heteroatoms. The maximum atomic E-state index is 11.6. The summed E-state index contributed by atoms with van der Waals surface area (Å²) in [5.74, 6) is -0.106. The molecule has 0 spiro atoms. The van der Waals surface area contributed by atoms with Crippen molar-refractivity contribution in [3.8, 4) is 0 Å². The number of nitrogens with zero attached hydrogens (tertiary/aromatic N) is 2. The average molecular weight is 280 g/mol. The van der Waals surface area contributed by atoms with Crippen molar-refractivity contribution in [2.75, 3.05) is 0 Å². The highest BCUT2D eigenvalue weighted by atomic mass is 16.6. The number of nitro benzene ring substituents is 2. The highest BCUT2D eigenvalue weighted by Crippen LogP contribution is 2.44. The first kappa shape index (κ1) is 14.1. The number of hydrogen-bond acceptors (Lipinski definition) is 6. The third-order valence-corrected chi connectivity index (χ3v) is 3.03. The summed E-state index contributed by atoms with van der Waals surface area (Å²) in [7, 11) is 0. The van der Waals surface area contributed by atoms with Crippen LogP contribution in [0, 0.1) is 20.2 Å². The molecule has 106 valence electrons. The largest absolute Gasteiger partial charge is 0.356 e. The molecule has 0 aliphatic carbocycles. The van der Waals surface area contributed by atoms with Crippen LogP contribution in [0.5, 0.6) is 0 Å². The molecule has 0 N–H and O–H groups in total. The SMILES string of the molecule is CCCC(=O)[C@H]1O[C@@H]1c1ccc([N+](=O)[O-])cc1[N+](=O)[O-]. The van der Waals surface area contributed by atoms with Crippen LogP contribution in [-0.4, -0.2) is 21.7 Å². The first-order valence-corrected chi connectivity index (χ1v) is 6.06. The summed E-state index contributed by atoms with van der Waals surface area (Å²) in [6, 6.07) is 3.34. The van der Waals surface area contributed by atoms with Crippen molar-refractivity contribution in [3.63, 3.8) is 0 Å². The van der Waals surface area contributed by atoms with Gasteiger partial charge in [-0.1, -0.05) is 6.92 Å². The Hall–Kier alpha value is -2.35. The average Bonchev–Trinajstić information content (AvgIpc) is 3.18. The van der Waals surface area contributed by atoms with E-state index in [9.17, 15) is 25.0 Å². The zero-order valence-electron chi connectivity index (χ0n) is 10.6. The van der Waals surface area contributed by atoms with E-state index in [0.29, 0.717) is 12.8 Å². The maximum absolute atomic E-state index is 11.6. The quantitative estimate of drug-likeness (QED) is 0.448. The molecule has 0 bridgehead atoms. The van der Waals surface area contributed by atoms with Gasteiger partial charge in [0.15, 0.2) is 5.78 Å². The van der Waals surface area contributed by atoms with Crippen molar-refractivity contribution in [1.29, 1.82) is 0 Å². The van der Waals surface area contributed by atoms with Crippen molar-refractivity contribution in [1.82, 2.24) is 0 Å². The highest BCUT2D eigenvalue weighted by Gasteiger charge is 2.48. The first-order valence-electron chi connectivity index (χ1n) is 6.06. The van der Waals surface area contributed by atoms with Crippen molar-refractivity contribution < 1.29 is 19.4 Å². The number of hydrogen-bond donors (Lipinski definition) is 0. The van der Waals surface area contributed by atoms with Gasteiger partial charge in [0.1, 0.15) is 12.2 Å². The van der Waals surface area contributed by atoms with Crippen LogP contribution in [0.4, 0.5) is 11.4 Å². The van der Waals surface area contributed by atoms with Crippen LogP contribution < -0.4 is 0 Å². The zero-order chi connectivity index (χ0) is 14.9. The lowest BCUT2D eigenvalue weighted by atomic mass is 10.0. The second kappa shape index (κ2) is 5.33. The number of rotatable bonds is 6. The van der Waals surface area contributed by atoms with Gasteiger partial charge in [-0.15, -0.1) is 0 Å². The number of epoxide rings is 1. The van der Waals surface area contributed by atoms with Gasteiger partial charge in [-0.2, -0.15) is 0 Å². The molecule has 0 radical (unpaired) electrons. The number of carbonyl (C=O) groups is 1. The van der Waals surface area contributed by atoms with Crippen molar-refractivity contribution >= 4 is 17.2 Å². The lowest BCUT2D eigenvalue weighted by Crippen LogP contribution is -2.07. The minimum absolute atomic E-state index is 0.106. The smallest absolute Gasteiger partial charge is 0.282 e. The predicted octanol–water partition coefficient (Wildman–Crippen LogP) is 2.31. The fourth-order valence-electron chi connectivity index (χ4n) is 2.03. The van der Waals surface area contributed by atoms with E-state index in [1.54, 1.807) is 0 Å². The standard InChI is InChI=1S/C12H12N2O6/c1-2-3-10(15)12-11(20-12)8-5-4-7(13(16)17)6-9(8)14(18)19/h4-6,11-12H,2-3H2,1H3/t11-,12-/m1/s1. The van der Waals surface area contributed by atoms with Crippen molar-refractivity contribution in [3.05, 3.63) is 44.0 Å². The van der Waals surface area contributed by atoms with Crippen molar-refractivity contribution in [2.45, 2.75) is 32.0 Å². The van der Waals surface area contributed by atoms with Crippen LogP contribution in [0.2, 0.25) is 0 Å². The number of carbonyl (C=O) groups excluding carboxylic acids is 1. The van der Waals surface area contributed by atoms with Gasteiger partial charge in [-0.25, -0.2) is 0 Å². The summed E-state index contributed by atoms with van der Waals surface area (Å²) in [4.78, 5) is 31.8. The van der Waals surface area contributed by atoms with E-state index in [-0.39, 0.29) is 17.0 Å². The molecule has 1 aliphatic rings. The van der Waals surface area contributed by atoms with E-state index < -0.39 is 27.7 Å². The second-order valence-electron chi connectivity index (χ2n) is 4.45. The van der Waals surface area contributed by atoms with Gasteiger partial charge >= 0.3 is 0 Å². The van der Waals surface area contributed by atoms with Crippen LogP contribution in [0.25, 0.3) is 0 Å². The Bertz CT molecular complexity index is 585. The Morgan fingerprint density at radius 2 is 2.00 bits per heavy atom. The summed E-state index contributed by atoms with van der Waals surface area (Å²) < 4.78 is 5.18. The molecule has 0 aromatic heterocycles. The lowest BCUT2D eigenvalue weighted by Gasteiger charge is -1.99. The van der Waals surface area contributed by atoms with Gasteiger partial charge in [0, 0.05) is 12.5 Å². The number of benzene rings is 1. The minimum Gasteiger partial charge on any atom is -0.356 e. The Morgan fingerprint density at radius 3 is 2.55 bits per heavy atom. The van der Waals surface area contributed by atoms with E-state index in [4.69, 9.17) is 4.74 Å². The summed E-state index contributed by atoms with van der Waals surface area (Å²) in [6.07, 6.45) is -0.319. The molecule has 1 heterocycles. The Labute approximate surface area is 113 Å². The summed E-state index contributed by atoms with van der Waals surface area (Å²) >= 11 is 0. The van der Waals surface area contributed by atoms with Gasteiger partial charge in [-0.3, -0.25) is 25.0 Å². The van der Waals surface area contributed by atoms with Gasteiger partial charge in [-0.05, 0) is 12.5 Å². The summed E-state index contributed by atoms with van der Waals surface area (Å²) in [5, 5.41) is 21.6. The first-order chi connectivity index (χ1) is 9.45. The minimum atomic E-state index is -0.704. The molecule has 0 saturated carbocycles. The molecule has 20 heavy (non-hydrogen) atoms. The summed E-state index contributed by atoms with van der Waals surface area (Å²) in [5.41, 5.74) is -0.552. The number of non-ortho nitro benzene ring substituents is 1. The van der Waals surface area contributed by atoms with Crippen molar-refractivity contribution in [2.24, 2.45) is 0 Å². The van der Waals surface area contributed by atoms with Gasteiger partial charge in [0.05, 0.1) is 21.5 Å². The Morgan fingerprint density at radius 1 is 1.30 bits per heavy atom. The van der Waals surface area contributed by atoms with Crippen LogP contribution in [0.15, 0.2) is 18.2 Å². The van der Waals surface area contributed by atoms with Crippen LogP contribution in [-0.2, 0) is 9.53 Å². The van der Waals surface area contributed by atoms with E-state index in [0.717, 1.165) is 6.07 Å². The van der Waals surface area contributed by atoms with Gasteiger partial charge in [0.2, 0.25) is 0 Å². The van der Waals surface area contributed by atoms with E-state index in [1.165, 1.54) is 12.1 Å². The molecule has 2 atom stereocenters. The molecule has 0 unspecified atom stereocenters. The Kier molecular flexibility index (Phi) is 3.75. The maximum Gasteiger partial charge on any atom is 0.282 e. The molecule has 0 amide bonds. The third kappa shape index (κ3) is 2.64. The summed E-state index contributed by atoms with van der Waals surface area (Å²) in [6.45, 7) is 1.85.